The number of anilines is 1. The standard InChI is InChI=1S/C16H19ClN8O5/c1-6-9(24-30-23-6)3-25(19)14-7(17)2-8-13(21-14)22-15(20-8)29-11-5-27-12-10(26)4-28-16(11,12)18/h2,10-12,26H,3-5,18-19H2,1H3,(H,20,21,22)/t10-,11-,12-,16-/m1/s1. The second kappa shape index (κ2) is 7.01. The molecule has 0 bridgehead atoms. The number of nitrogens with one attached hydrogen (secondary N) is 1. The number of aliphatic hydroxyl groups excluding tert-OH is 1. The predicted molar refractivity (Wildman–Crippen MR) is 101 cm³/mol. The molecule has 0 aromatic carbocycles. The highest BCUT2D eigenvalue weighted by molar-refractivity contribution is 6.33. The van der Waals surface area contributed by atoms with Crippen LogP contribution in [0.3, 0.4) is 0 Å². The fraction of sp³-hybridized carbons (Fsp3) is 0.500. The van der Waals surface area contributed by atoms with Crippen LogP contribution in [0.25, 0.3) is 11.2 Å². The number of aliphatic hydroxyl groups is 1. The summed E-state index contributed by atoms with van der Waals surface area (Å²) in [7, 11) is 0. The summed E-state index contributed by atoms with van der Waals surface area (Å²) >= 11 is 6.35. The first-order valence-electron chi connectivity index (χ1n) is 9.11. The summed E-state index contributed by atoms with van der Waals surface area (Å²) in [4.78, 5) is 11.7. The molecule has 5 heterocycles. The fourth-order valence-electron chi connectivity index (χ4n) is 3.57. The lowest BCUT2D eigenvalue weighted by Gasteiger charge is -2.27. The molecule has 3 aromatic rings. The number of nitrogens with two attached hydrogens (primary N) is 2. The van der Waals surface area contributed by atoms with Gasteiger partial charge in [0.2, 0.25) is 0 Å². The number of H-pyrrole nitrogens is 1. The van der Waals surface area contributed by atoms with Crippen LogP contribution >= 0.6 is 11.6 Å². The minimum Gasteiger partial charge on any atom is -0.454 e. The molecule has 160 valence electrons. The first-order chi connectivity index (χ1) is 14.3. The smallest absolute Gasteiger partial charge is 0.296 e. The first-order valence-corrected chi connectivity index (χ1v) is 9.48. The molecule has 6 N–H and O–H groups in total. The summed E-state index contributed by atoms with van der Waals surface area (Å²) in [5.74, 6) is 6.41. The molecule has 0 aliphatic carbocycles. The average molecular weight is 439 g/mol. The van der Waals surface area contributed by atoms with E-state index in [9.17, 15) is 5.11 Å². The topological polar surface area (TPSA) is 184 Å². The maximum atomic E-state index is 9.92. The molecule has 13 nitrogen and oxygen atoms in total. The number of pyridine rings is 1. The van der Waals surface area contributed by atoms with Gasteiger partial charge in [0.05, 0.1) is 30.3 Å². The van der Waals surface area contributed by atoms with Crippen molar-refractivity contribution in [3.8, 4) is 6.01 Å². The monoisotopic (exact) mass is 438 g/mol. The van der Waals surface area contributed by atoms with Crippen LogP contribution in [0.5, 0.6) is 6.01 Å². The maximum Gasteiger partial charge on any atom is 0.296 e. The van der Waals surface area contributed by atoms with Crippen LogP contribution in [0.2, 0.25) is 5.02 Å². The zero-order valence-corrected chi connectivity index (χ0v) is 16.5. The number of hydrogen-bond donors (Lipinski definition) is 4. The second-order valence-corrected chi connectivity index (χ2v) is 7.63. The molecule has 2 fully saturated rings. The van der Waals surface area contributed by atoms with Gasteiger partial charge in [0, 0.05) is 0 Å². The summed E-state index contributed by atoms with van der Waals surface area (Å²) in [5, 5.41) is 19.1. The molecular weight excluding hydrogens is 420 g/mol. The van der Waals surface area contributed by atoms with Crippen LogP contribution in [0.4, 0.5) is 5.82 Å². The van der Waals surface area contributed by atoms with Gasteiger partial charge in [-0.05, 0) is 13.0 Å². The van der Waals surface area contributed by atoms with Crippen LogP contribution in [0.15, 0.2) is 10.7 Å². The summed E-state index contributed by atoms with van der Waals surface area (Å²) in [6, 6.07) is 1.80. The van der Waals surface area contributed by atoms with Crippen LogP contribution in [0.1, 0.15) is 11.4 Å². The maximum absolute atomic E-state index is 9.92. The molecule has 0 spiro atoms. The summed E-state index contributed by atoms with van der Waals surface area (Å²) in [6.07, 6.45) is -2.13. The van der Waals surface area contributed by atoms with Gasteiger partial charge in [-0.2, -0.15) is 4.98 Å². The van der Waals surface area contributed by atoms with E-state index >= 15 is 0 Å². The Kier molecular flexibility index (Phi) is 4.53. The Bertz CT molecular complexity index is 1090. The molecular formula is C16H19ClN8O5. The molecule has 4 atom stereocenters. The van der Waals surface area contributed by atoms with Gasteiger partial charge in [0.25, 0.3) is 6.01 Å². The van der Waals surface area contributed by atoms with Crippen molar-refractivity contribution in [1.82, 2.24) is 25.3 Å². The molecule has 30 heavy (non-hydrogen) atoms. The van der Waals surface area contributed by atoms with E-state index in [2.05, 4.69) is 29.9 Å². The number of imidazole rings is 1. The molecule has 0 radical (unpaired) electrons. The molecule has 0 saturated carbocycles. The number of aromatic amines is 1. The number of fused-ring (bicyclic) bond motifs is 2. The highest BCUT2D eigenvalue weighted by Gasteiger charge is 2.59. The fourth-order valence-corrected chi connectivity index (χ4v) is 3.83. The number of hydrogen-bond acceptors (Lipinski definition) is 12. The van der Waals surface area contributed by atoms with E-state index in [1.807, 2.05) is 0 Å². The Morgan fingerprint density at radius 3 is 3.00 bits per heavy atom. The molecule has 5 rings (SSSR count). The molecule has 14 heteroatoms. The predicted octanol–water partition coefficient (Wildman–Crippen LogP) is -0.625. The van der Waals surface area contributed by atoms with Crippen molar-refractivity contribution in [2.75, 3.05) is 18.2 Å². The second-order valence-electron chi connectivity index (χ2n) is 7.22. The Hall–Kier alpha value is -2.55. The lowest BCUT2D eigenvalue weighted by Crippen LogP contribution is -2.57. The number of rotatable bonds is 5. The number of ether oxygens (including phenoxy) is 3. The zero-order chi connectivity index (χ0) is 21.0. The summed E-state index contributed by atoms with van der Waals surface area (Å²) < 4.78 is 21.6. The third-order valence-corrected chi connectivity index (χ3v) is 5.49. The highest BCUT2D eigenvalue weighted by Crippen LogP contribution is 2.36. The zero-order valence-electron chi connectivity index (χ0n) is 15.8. The molecule has 0 amide bonds. The van der Waals surface area contributed by atoms with Crippen molar-refractivity contribution in [1.29, 1.82) is 0 Å². The highest BCUT2D eigenvalue weighted by atomic mass is 35.5. The van der Waals surface area contributed by atoms with Crippen LogP contribution in [0, 0.1) is 6.92 Å². The summed E-state index contributed by atoms with van der Waals surface area (Å²) in [5.41, 5.74) is 7.05. The number of nitrogens with zero attached hydrogens (tertiary/aromatic N) is 5. The minimum atomic E-state index is -1.26. The molecule has 2 aliphatic rings. The van der Waals surface area contributed by atoms with Gasteiger partial charge in [-0.25, -0.2) is 15.5 Å². The van der Waals surface area contributed by atoms with E-state index < -0.39 is 24.0 Å². The van der Waals surface area contributed by atoms with E-state index in [-0.39, 0.29) is 25.8 Å². The molecule has 3 aromatic heterocycles. The van der Waals surface area contributed by atoms with Gasteiger partial charge >= 0.3 is 0 Å². The molecule has 2 aliphatic heterocycles. The normalized spacial score (nSPS) is 28.2. The van der Waals surface area contributed by atoms with E-state index in [0.29, 0.717) is 33.4 Å². The number of halogens is 1. The first kappa shape index (κ1) is 19.4. The number of aromatic nitrogens is 5. The van der Waals surface area contributed by atoms with Crippen molar-refractivity contribution in [3.05, 3.63) is 22.5 Å². The third kappa shape index (κ3) is 3.07. The largest absolute Gasteiger partial charge is 0.454 e. The van der Waals surface area contributed by atoms with Gasteiger partial charge in [0.15, 0.2) is 23.3 Å². The van der Waals surface area contributed by atoms with Crippen molar-refractivity contribution in [2.24, 2.45) is 11.6 Å². The van der Waals surface area contributed by atoms with Crippen LogP contribution in [-0.2, 0) is 16.0 Å². The Morgan fingerprint density at radius 2 is 2.23 bits per heavy atom. The van der Waals surface area contributed by atoms with Crippen molar-refractivity contribution in [2.45, 2.75) is 37.5 Å². The van der Waals surface area contributed by atoms with Gasteiger partial charge < -0.3 is 24.3 Å². The van der Waals surface area contributed by atoms with Crippen LogP contribution in [-0.4, -0.2) is 67.6 Å². The van der Waals surface area contributed by atoms with E-state index in [4.69, 9.17) is 37.4 Å². The Balaban J connectivity index is 1.38. The van der Waals surface area contributed by atoms with Gasteiger partial charge in [-0.1, -0.05) is 21.9 Å². The third-order valence-electron chi connectivity index (χ3n) is 5.21. The van der Waals surface area contributed by atoms with Crippen LogP contribution < -0.4 is 21.3 Å². The number of hydrazine groups is 1. The average Bonchev–Trinajstić information content (AvgIpc) is 3.43. The number of aryl methyl sites for hydroxylation is 1. The Labute approximate surface area is 174 Å². The van der Waals surface area contributed by atoms with Gasteiger partial charge in [-0.15, -0.1) is 0 Å². The minimum absolute atomic E-state index is 0.0779. The lowest BCUT2D eigenvalue weighted by molar-refractivity contribution is -0.0647. The quantitative estimate of drug-likeness (QED) is 0.292. The Morgan fingerprint density at radius 1 is 1.40 bits per heavy atom. The molecule has 0 unspecified atom stereocenters. The van der Waals surface area contributed by atoms with Gasteiger partial charge in [-0.3, -0.25) is 10.7 Å². The van der Waals surface area contributed by atoms with E-state index in [1.54, 1.807) is 13.0 Å². The molecule has 2 saturated heterocycles. The van der Waals surface area contributed by atoms with Crippen molar-refractivity contribution < 1.29 is 23.9 Å². The van der Waals surface area contributed by atoms with Gasteiger partial charge in [0.1, 0.15) is 23.6 Å². The van der Waals surface area contributed by atoms with E-state index in [1.165, 1.54) is 5.01 Å². The summed E-state index contributed by atoms with van der Waals surface area (Å²) in [6.45, 7) is 2.17. The van der Waals surface area contributed by atoms with Crippen molar-refractivity contribution >= 4 is 28.6 Å². The lowest BCUT2D eigenvalue weighted by atomic mass is 10.0. The van der Waals surface area contributed by atoms with Crippen molar-refractivity contribution in [3.63, 3.8) is 0 Å². The van der Waals surface area contributed by atoms with E-state index in [0.717, 1.165) is 0 Å². The SMILES string of the molecule is Cc1nonc1CN(N)c1nc2nc(O[C@@H]3CO[C@@H]4[C@H](O)CO[C@@]43N)[nH]c2cc1Cl.